The molecule has 0 fully saturated rings. The number of ether oxygens (including phenoxy) is 1. The van der Waals surface area contributed by atoms with Gasteiger partial charge in [-0.05, 0) is 36.8 Å². The molecule has 0 saturated carbocycles. The van der Waals surface area contributed by atoms with Gasteiger partial charge in [-0.15, -0.1) is 0 Å². The molecule has 140 valence electrons. The predicted molar refractivity (Wildman–Crippen MR) is 107 cm³/mol. The third-order valence-corrected chi connectivity index (χ3v) is 4.33. The van der Waals surface area contributed by atoms with E-state index >= 15 is 0 Å². The molecule has 0 atom stereocenters. The first kappa shape index (κ1) is 17.8. The maximum absolute atomic E-state index is 14.4. The fourth-order valence-corrected chi connectivity index (χ4v) is 3.06. The topological polar surface area (TPSA) is 72.8 Å². The van der Waals surface area contributed by atoms with Crippen LogP contribution in [0.4, 0.5) is 10.2 Å². The van der Waals surface area contributed by atoms with Crippen molar-refractivity contribution in [2.24, 2.45) is 0 Å². The summed E-state index contributed by atoms with van der Waals surface area (Å²) in [6, 6.07) is 12.1. The second-order valence-corrected chi connectivity index (χ2v) is 6.06. The van der Waals surface area contributed by atoms with E-state index < -0.39 is 0 Å². The lowest BCUT2D eigenvalue weighted by atomic mass is 10.0. The average molecular weight is 375 g/mol. The maximum Gasteiger partial charge on any atom is 0.163 e. The molecular formula is C21H18FN5O. The van der Waals surface area contributed by atoms with E-state index in [1.54, 1.807) is 43.7 Å². The van der Waals surface area contributed by atoms with Gasteiger partial charge in [0.1, 0.15) is 22.9 Å². The highest BCUT2D eigenvalue weighted by molar-refractivity contribution is 5.97. The largest absolute Gasteiger partial charge is 0.492 e. The van der Waals surface area contributed by atoms with Gasteiger partial charge < -0.3 is 10.1 Å². The van der Waals surface area contributed by atoms with Crippen LogP contribution >= 0.6 is 0 Å². The van der Waals surface area contributed by atoms with E-state index in [2.05, 4.69) is 20.5 Å². The normalized spacial score (nSPS) is 10.8. The number of benzene rings is 2. The Morgan fingerprint density at radius 2 is 1.89 bits per heavy atom. The third-order valence-electron chi connectivity index (χ3n) is 4.33. The minimum atomic E-state index is -0.296. The van der Waals surface area contributed by atoms with Crippen LogP contribution in [0.3, 0.4) is 0 Å². The van der Waals surface area contributed by atoms with Crippen molar-refractivity contribution in [3.63, 3.8) is 0 Å². The highest BCUT2D eigenvalue weighted by Crippen LogP contribution is 2.36. The Hall–Kier alpha value is -3.61. The summed E-state index contributed by atoms with van der Waals surface area (Å²) in [6.07, 6.45) is 3.20. The molecule has 0 aliphatic rings. The maximum atomic E-state index is 14.4. The number of hydrogen-bond acceptors (Lipinski definition) is 6. The number of fused-ring (bicyclic) bond motifs is 1. The molecule has 0 unspecified atom stereocenters. The van der Waals surface area contributed by atoms with Crippen molar-refractivity contribution in [1.29, 1.82) is 0 Å². The number of rotatable bonds is 5. The average Bonchev–Trinajstić information content (AvgIpc) is 2.74. The van der Waals surface area contributed by atoms with Crippen molar-refractivity contribution in [3.05, 3.63) is 60.7 Å². The summed E-state index contributed by atoms with van der Waals surface area (Å²) in [4.78, 5) is 9.30. The Labute approximate surface area is 161 Å². The molecule has 0 spiro atoms. The van der Waals surface area contributed by atoms with Crippen LogP contribution in [0, 0.1) is 5.82 Å². The summed E-state index contributed by atoms with van der Waals surface area (Å²) >= 11 is 0. The predicted octanol–water partition coefficient (Wildman–Crippen LogP) is 4.33. The van der Waals surface area contributed by atoms with Gasteiger partial charge in [0.15, 0.2) is 5.82 Å². The summed E-state index contributed by atoms with van der Waals surface area (Å²) in [6.45, 7) is 2.36. The molecule has 0 aliphatic carbocycles. The zero-order valence-electron chi connectivity index (χ0n) is 15.5. The molecule has 2 heterocycles. The van der Waals surface area contributed by atoms with Crippen molar-refractivity contribution in [1.82, 2.24) is 20.2 Å². The van der Waals surface area contributed by atoms with E-state index in [-0.39, 0.29) is 5.82 Å². The van der Waals surface area contributed by atoms with Gasteiger partial charge in [0, 0.05) is 23.6 Å². The highest BCUT2D eigenvalue weighted by Gasteiger charge is 2.16. The van der Waals surface area contributed by atoms with Gasteiger partial charge in [0.25, 0.3) is 0 Å². The van der Waals surface area contributed by atoms with E-state index in [9.17, 15) is 4.39 Å². The number of hydrogen-bond donors (Lipinski definition) is 1. The smallest absolute Gasteiger partial charge is 0.163 e. The van der Waals surface area contributed by atoms with Gasteiger partial charge in [-0.3, -0.25) is 0 Å². The van der Waals surface area contributed by atoms with Gasteiger partial charge in [-0.1, -0.05) is 18.2 Å². The lowest BCUT2D eigenvalue weighted by molar-refractivity contribution is 0.344. The first-order valence-electron chi connectivity index (χ1n) is 8.89. The Balaban J connectivity index is 2.00. The summed E-state index contributed by atoms with van der Waals surface area (Å²) in [5.41, 5.74) is 2.59. The van der Waals surface area contributed by atoms with E-state index in [1.165, 1.54) is 6.07 Å². The number of anilines is 1. The van der Waals surface area contributed by atoms with Crippen LogP contribution in [0.5, 0.6) is 5.75 Å². The van der Waals surface area contributed by atoms with E-state index in [1.807, 2.05) is 19.1 Å². The lowest BCUT2D eigenvalue weighted by Gasteiger charge is -2.14. The van der Waals surface area contributed by atoms with Crippen LogP contribution in [0.15, 0.2) is 54.9 Å². The molecule has 6 nitrogen and oxygen atoms in total. The second-order valence-electron chi connectivity index (χ2n) is 6.06. The highest BCUT2D eigenvalue weighted by atomic mass is 19.1. The van der Waals surface area contributed by atoms with Crippen LogP contribution in [-0.4, -0.2) is 33.8 Å². The van der Waals surface area contributed by atoms with Crippen LogP contribution < -0.4 is 10.1 Å². The van der Waals surface area contributed by atoms with Gasteiger partial charge in [0.2, 0.25) is 0 Å². The minimum Gasteiger partial charge on any atom is -0.492 e. The lowest BCUT2D eigenvalue weighted by Crippen LogP contribution is -2.02. The molecule has 0 amide bonds. The molecule has 0 radical (unpaired) electrons. The van der Waals surface area contributed by atoms with Crippen molar-refractivity contribution in [2.75, 3.05) is 19.0 Å². The van der Waals surface area contributed by atoms with Crippen molar-refractivity contribution >= 4 is 16.7 Å². The molecule has 2 aromatic heterocycles. The van der Waals surface area contributed by atoms with E-state index in [0.717, 1.165) is 10.9 Å². The van der Waals surface area contributed by atoms with Crippen molar-refractivity contribution < 1.29 is 9.13 Å². The monoisotopic (exact) mass is 375 g/mol. The fourth-order valence-electron chi connectivity index (χ4n) is 3.06. The zero-order chi connectivity index (χ0) is 19.5. The summed E-state index contributed by atoms with van der Waals surface area (Å²) in [5.74, 6) is 1.40. The molecule has 0 bridgehead atoms. The van der Waals surface area contributed by atoms with Crippen molar-refractivity contribution in [2.45, 2.75) is 6.92 Å². The van der Waals surface area contributed by atoms with Gasteiger partial charge >= 0.3 is 0 Å². The molecule has 1 N–H and O–H groups in total. The van der Waals surface area contributed by atoms with Crippen LogP contribution in [0.2, 0.25) is 0 Å². The number of nitrogens with zero attached hydrogens (tertiary/aromatic N) is 4. The number of halogens is 1. The number of nitrogens with one attached hydrogen (secondary N) is 1. The Morgan fingerprint density at radius 1 is 1.04 bits per heavy atom. The quantitative estimate of drug-likeness (QED) is 0.560. The molecule has 4 rings (SSSR count). The third kappa shape index (κ3) is 3.22. The van der Waals surface area contributed by atoms with Crippen LogP contribution in [0.25, 0.3) is 33.4 Å². The molecule has 4 aromatic rings. The molecule has 0 aliphatic heterocycles. The van der Waals surface area contributed by atoms with Crippen LogP contribution in [0.1, 0.15) is 6.92 Å². The molecule has 0 saturated heterocycles. The SMILES string of the molecule is CCOc1cc(-c2ccccc2F)cc2c(NC)nc(-c3ccnnc3)nc12. The Bertz CT molecular complexity index is 1130. The first-order chi connectivity index (χ1) is 13.7. The standard InChI is InChI=1S/C21H18FN5O/c1-3-28-18-11-14(15-6-4-5-7-17(15)22)10-16-19(18)26-20(27-21(16)23-2)13-8-9-24-25-12-13/h4-12H,3H2,1-2H3,(H,23,26,27). The minimum absolute atomic E-state index is 0.296. The van der Waals surface area contributed by atoms with E-state index in [0.29, 0.717) is 40.6 Å². The van der Waals surface area contributed by atoms with Gasteiger partial charge in [0.05, 0.1) is 19.0 Å². The molecule has 28 heavy (non-hydrogen) atoms. The Kier molecular flexibility index (Phi) is 4.80. The van der Waals surface area contributed by atoms with Crippen molar-refractivity contribution in [3.8, 4) is 28.3 Å². The Morgan fingerprint density at radius 3 is 2.61 bits per heavy atom. The van der Waals surface area contributed by atoms with Gasteiger partial charge in [-0.25, -0.2) is 14.4 Å². The summed E-state index contributed by atoms with van der Waals surface area (Å²) in [5, 5.41) is 11.5. The molecule has 2 aromatic carbocycles. The summed E-state index contributed by atoms with van der Waals surface area (Å²) < 4.78 is 20.2. The van der Waals surface area contributed by atoms with E-state index in [4.69, 9.17) is 9.72 Å². The molecular weight excluding hydrogens is 357 g/mol. The zero-order valence-corrected chi connectivity index (χ0v) is 15.5. The van der Waals surface area contributed by atoms with Crippen LogP contribution in [-0.2, 0) is 0 Å². The van der Waals surface area contributed by atoms with Gasteiger partial charge in [-0.2, -0.15) is 10.2 Å². The molecule has 7 heteroatoms. The second kappa shape index (κ2) is 7.56. The number of aromatic nitrogens is 4. The first-order valence-corrected chi connectivity index (χ1v) is 8.89. The fraction of sp³-hybridized carbons (Fsp3) is 0.143. The summed E-state index contributed by atoms with van der Waals surface area (Å²) in [7, 11) is 1.78.